The van der Waals surface area contributed by atoms with Crippen LogP contribution in [0.2, 0.25) is 0 Å². The zero-order valence-electron chi connectivity index (χ0n) is 9.78. The molecule has 5 nitrogen and oxygen atoms in total. The van der Waals surface area contributed by atoms with Crippen molar-refractivity contribution >= 4 is 11.6 Å². The first-order chi connectivity index (χ1) is 8.02. The van der Waals surface area contributed by atoms with Crippen molar-refractivity contribution < 1.29 is 13.6 Å². The summed E-state index contributed by atoms with van der Waals surface area (Å²) in [6.07, 6.45) is 0.282. The number of alkyl halides is 2. The lowest BCUT2D eigenvalue weighted by atomic mass is 10.1. The number of hydrogen-bond donors (Lipinski definition) is 2. The molecule has 1 unspecified atom stereocenters. The third-order valence-corrected chi connectivity index (χ3v) is 2.18. The fraction of sp³-hybridized carbons (Fsp3) is 0.600. The van der Waals surface area contributed by atoms with Gasteiger partial charge in [0.25, 0.3) is 6.43 Å². The second kappa shape index (κ2) is 6.29. The lowest BCUT2D eigenvalue weighted by Gasteiger charge is -2.09. The molecular weight excluding hydrogens is 230 g/mol. The Morgan fingerprint density at radius 3 is 2.88 bits per heavy atom. The van der Waals surface area contributed by atoms with Gasteiger partial charge in [-0.15, -0.1) is 0 Å². The van der Waals surface area contributed by atoms with Crippen molar-refractivity contribution in [2.75, 3.05) is 18.9 Å². The number of rotatable bonds is 6. The van der Waals surface area contributed by atoms with Gasteiger partial charge >= 0.3 is 0 Å². The molecular formula is C10H16F2N4O. The van der Waals surface area contributed by atoms with Crippen LogP contribution < -0.4 is 10.6 Å². The fourth-order valence-electron chi connectivity index (χ4n) is 1.33. The SMILES string of the molecule is CNCC(C)C(=O)Nc1cnn(CC(F)F)c1. The van der Waals surface area contributed by atoms with Crippen molar-refractivity contribution in [3.63, 3.8) is 0 Å². The van der Waals surface area contributed by atoms with E-state index in [0.717, 1.165) is 4.68 Å². The molecule has 0 radical (unpaired) electrons. The summed E-state index contributed by atoms with van der Waals surface area (Å²) in [7, 11) is 1.75. The molecule has 1 aromatic rings. The molecule has 0 saturated carbocycles. The number of carbonyl (C=O) groups is 1. The van der Waals surface area contributed by atoms with Crippen LogP contribution in [0.3, 0.4) is 0 Å². The van der Waals surface area contributed by atoms with Gasteiger partial charge in [0.1, 0.15) is 6.54 Å². The van der Waals surface area contributed by atoms with Crippen LogP contribution in [0.1, 0.15) is 6.92 Å². The molecule has 1 aromatic heterocycles. The monoisotopic (exact) mass is 246 g/mol. The number of carbonyl (C=O) groups excluding carboxylic acids is 1. The topological polar surface area (TPSA) is 59.0 Å². The third-order valence-electron chi connectivity index (χ3n) is 2.18. The van der Waals surface area contributed by atoms with Gasteiger partial charge in [0.2, 0.25) is 5.91 Å². The number of aromatic nitrogens is 2. The van der Waals surface area contributed by atoms with Crippen LogP contribution in [0, 0.1) is 5.92 Å². The normalized spacial score (nSPS) is 12.8. The Morgan fingerprint density at radius 1 is 1.59 bits per heavy atom. The Morgan fingerprint density at radius 2 is 2.29 bits per heavy atom. The molecule has 0 bridgehead atoms. The van der Waals surface area contributed by atoms with Gasteiger partial charge in [0, 0.05) is 18.7 Å². The second-order valence-corrected chi connectivity index (χ2v) is 3.79. The van der Waals surface area contributed by atoms with Crippen molar-refractivity contribution in [2.45, 2.75) is 19.9 Å². The zero-order valence-corrected chi connectivity index (χ0v) is 9.78. The molecule has 0 aliphatic heterocycles. The predicted octanol–water partition coefficient (Wildman–Crippen LogP) is 0.942. The predicted molar refractivity (Wildman–Crippen MR) is 60.0 cm³/mol. The molecule has 96 valence electrons. The van der Waals surface area contributed by atoms with Gasteiger partial charge in [0.15, 0.2) is 0 Å². The first-order valence-electron chi connectivity index (χ1n) is 5.29. The Labute approximate surface area is 98.2 Å². The molecule has 0 aliphatic rings. The average molecular weight is 246 g/mol. The maximum atomic E-state index is 12.1. The minimum atomic E-state index is -2.46. The van der Waals surface area contributed by atoms with Crippen LogP contribution in [0.25, 0.3) is 0 Å². The molecule has 1 rings (SSSR count). The average Bonchev–Trinajstić information content (AvgIpc) is 2.64. The Hall–Kier alpha value is -1.50. The summed E-state index contributed by atoms with van der Waals surface area (Å²) >= 11 is 0. The van der Waals surface area contributed by atoms with Gasteiger partial charge in [-0.25, -0.2) is 8.78 Å². The summed E-state index contributed by atoms with van der Waals surface area (Å²) in [5.41, 5.74) is 0.429. The standard InChI is InChI=1S/C10H16F2N4O/c1-7(3-13-2)10(17)15-8-4-14-16(5-8)6-9(11)12/h4-5,7,9,13H,3,6H2,1-2H3,(H,15,17). The summed E-state index contributed by atoms with van der Waals surface area (Å²) in [6.45, 7) is 1.86. The van der Waals surface area contributed by atoms with Crippen LogP contribution >= 0.6 is 0 Å². The van der Waals surface area contributed by atoms with Crippen molar-refractivity contribution in [1.29, 1.82) is 0 Å². The Bertz CT molecular complexity index is 367. The van der Waals surface area contributed by atoms with Crippen molar-refractivity contribution in [3.8, 4) is 0 Å². The van der Waals surface area contributed by atoms with E-state index >= 15 is 0 Å². The molecule has 0 spiro atoms. The van der Waals surface area contributed by atoms with E-state index in [9.17, 15) is 13.6 Å². The molecule has 0 aromatic carbocycles. The van der Waals surface area contributed by atoms with E-state index in [1.807, 2.05) is 0 Å². The second-order valence-electron chi connectivity index (χ2n) is 3.79. The molecule has 2 N–H and O–H groups in total. The molecule has 17 heavy (non-hydrogen) atoms. The fourth-order valence-corrected chi connectivity index (χ4v) is 1.33. The van der Waals surface area contributed by atoms with E-state index in [-0.39, 0.29) is 11.8 Å². The largest absolute Gasteiger partial charge is 0.323 e. The Kier molecular flexibility index (Phi) is 5.02. The lowest BCUT2D eigenvalue weighted by molar-refractivity contribution is -0.119. The lowest BCUT2D eigenvalue weighted by Crippen LogP contribution is -2.28. The van der Waals surface area contributed by atoms with Crippen molar-refractivity contribution in [1.82, 2.24) is 15.1 Å². The smallest absolute Gasteiger partial charge is 0.257 e. The summed E-state index contributed by atoms with van der Waals surface area (Å²) in [4.78, 5) is 11.6. The van der Waals surface area contributed by atoms with E-state index in [1.165, 1.54) is 12.4 Å². The van der Waals surface area contributed by atoms with Gasteiger partial charge in [0.05, 0.1) is 11.9 Å². The minimum Gasteiger partial charge on any atom is -0.323 e. The molecule has 0 saturated heterocycles. The van der Waals surface area contributed by atoms with Gasteiger partial charge in [-0.1, -0.05) is 6.92 Å². The number of anilines is 1. The summed E-state index contributed by atoms with van der Waals surface area (Å²) in [5, 5.41) is 9.22. The van der Waals surface area contributed by atoms with E-state index in [4.69, 9.17) is 0 Å². The first kappa shape index (κ1) is 13.6. The molecule has 1 heterocycles. The van der Waals surface area contributed by atoms with Gasteiger partial charge in [-0.05, 0) is 7.05 Å². The van der Waals surface area contributed by atoms with E-state index in [1.54, 1.807) is 14.0 Å². The van der Waals surface area contributed by atoms with Crippen LogP contribution in [-0.2, 0) is 11.3 Å². The van der Waals surface area contributed by atoms with Gasteiger partial charge in [-0.3, -0.25) is 9.48 Å². The molecule has 7 heteroatoms. The maximum absolute atomic E-state index is 12.1. The third kappa shape index (κ3) is 4.48. The van der Waals surface area contributed by atoms with E-state index in [2.05, 4.69) is 15.7 Å². The number of nitrogens with zero attached hydrogens (tertiary/aromatic N) is 2. The van der Waals surface area contributed by atoms with Gasteiger partial charge in [-0.2, -0.15) is 5.10 Å². The maximum Gasteiger partial charge on any atom is 0.257 e. The number of nitrogens with one attached hydrogen (secondary N) is 2. The van der Waals surface area contributed by atoms with Gasteiger partial charge < -0.3 is 10.6 Å². The Balaban J connectivity index is 2.51. The van der Waals surface area contributed by atoms with Crippen LogP contribution in [0.5, 0.6) is 0 Å². The van der Waals surface area contributed by atoms with Crippen LogP contribution in [-0.4, -0.2) is 35.7 Å². The minimum absolute atomic E-state index is 0.170. The molecule has 1 atom stereocenters. The highest BCUT2D eigenvalue weighted by Crippen LogP contribution is 2.08. The molecule has 0 fully saturated rings. The highest BCUT2D eigenvalue weighted by Gasteiger charge is 2.13. The van der Waals surface area contributed by atoms with Crippen LogP contribution in [0.15, 0.2) is 12.4 Å². The summed E-state index contributed by atoms with van der Waals surface area (Å²) < 4.78 is 25.2. The van der Waals surface area contributed by atoms with E-state index < -0.39 is 13.0 Å². The molecule has 1 amide bonds. The summed E-state index contributed by atoms with van der Waals surface area (Å²) in [5.74, 6) is -0.366. The molecule has 0 aliphatic carbocycles. The first-order valence-corrected chi connectivity index (χ1v) is 5.29. The van der Waals surface area contributed by atoms with E-state index in [0.29, 0.717) is 12.2 Å². The van der Waals surface area contributed by atoms with Crippen molar-refractivity contribution in [3.05, 3.63) is 12.4 Å². The quantitative estimate of drug-likeness (QED) is 0.785. The number of hydrogen-bond acceptors (Lipinski definition) is 3. The zero-order chi connectivity index (χ0) is 12.8. The highest BCUT2D eigenvalue weighted by atomic mass is 19.3. The highest BCUT2D eigenvalue weighted by molar-refractivity contribution is 5.92. The number of halogens is 2. The number of amides is 1. The van der Waals surface area contributed by atoms with Crippen LogP contribution in [0.4, 0.5) is 14.5 Å². The summed E-state index contributed by atoms with van der Waals surface area (Å²) in [6, 6.07) is 0. The van der Waals surface area contributed by atoms with Crippen molar-refractivity contribution in [2.24, 2.45) is 5.92 Å².